The van der Waals surface area contributed by atoms with E-state index in [1.165, 1.54) is 5.56 Å². The van der Waals surface area contributed by atoms with E-state index in [0.717, 1.165) is 10.2 Å². The Morgan fingerprint density at radius 1 is 1.47 bits per heavy atom. The van der Waals surface area contributed by atoms with Crippen LogP contribution < -0.4 is 5.32 Å². The van der Waals surface area contributed by atoms with Crippen molar-refractivity contribution in [3.8, 4) is 0 Å². The Morgan fingerprint density at radius 2 is 2.12 bits per heavy atom. The lowest BCUT2D eigenvalue weighted by Gasteiger charge is -2.22. The molecule has 0 spiro atoms. The monoisotopic (exact) mass is 298 g/mol. The summed E-state index contributed by atoms with van der Waals surface area (Å²) < 4.78 is 0.984. The van der Waals surface area contributed by atoms with Crippen LogP contribution in [0.4, 0.5) is 5.69 Å². The number of amides is 1. The highest BCUT2D eigenvalue weighted by molar-refractivity contribution is 9.10. The molecule has 94 valence electrons. The predicted molar refractivity (Wildman–Crippen MR) is 75.3 cm³/mol. The molecule has 3 nitrogen and oxygen atoms in total. The number of carbonyl (C=O) groups is 1. The number of anilines is 1. The molecular formula is C13H19BrN2O. The van der Waals surface area contributed by atoms with Crippen LogP contribution in [0.5, 0.6) is 0 Å². The average molecular weight is 299 g/mol. The zero-order chi connectivity index (χ0) is 13.0. The molecule has 1 N–H and O–H groups in total. The first-order valence-electron chi connectivity index (χ1n) is 5.67. The molecule has 1 aromatic carbocycles. The van der Waals surface area contributed by atoms with Gasteiger partial charge in [-0.1, -0.05) is 6.07 Å². The summed E-state index contributed by atoms with van der Waals surface area (Å²) >= 11 is 3.48. The van der Waals surface area contributed by atoms with Gasteiger partial charge >= 0.3 is 0 Å². The zero-order valence-corrected chi connectivity index (χ0v) is 12.3. The maximum Gasteiger partial charge on any atom is 0.241 e. The molecule has 0 aliphatic rings. The van der Waals surface area contributed by atoms with Gasteiger partial charge in [0, 0.05) is 23.2 Å². The van der Waals surface area contributed by atoms with Gasteiger partial charge in [-0.05, 0) is 54.4 Å². The van der Waals surface area contributed by atoms with Crippen LogP contribution in [0.25, 0.3) is 0 Å². The first-order chi connectivity index (χ1) is 7.91. The first-order valence-corrected chi connectivity index (χ1v) is 6.46. The number of hydrogen-bond donors (Lipinski definition) is 1. The lowest BCUT2D eigenvalue weighted by Crippen LogP contribution is -2.37. The van der Waals surface area contributed by atoms with E-state index in [1.807, 2.05) is 46.0 Å². The first kappa shape index (κ1) is 14.0. The summed E-state index contributed by atoms with van der Waals surface area (Å²) in [4.78, 5) is 13.5. The Labute approximate surface area is 111 Å². The number of rotatable bonds is 4. The summed E-state index contributed by atoms with van der Waals surface area (Å²) in [7, 11) is 1.82. The van der Waals surface area contributed by atoms with E-state index in [2.05, 4.69) is 21.2 Å². The van der Waals surface area contributed by atoms with Crippen LogP contribution in [-0.2, 0) is 4.79 Å². The maximum absolute atomic E-state index is 11.8. The number of aryl methyl sites for hydroxylation is 1. The van der Waals surface area contributed by atoms with Gasteiger partial charge in [-0.2, -0.15) is 0 Å². The molecule has 0 saturated heterocycles. The summed E-state index contributed by atoms with van der Waals surface area (Å²) in [6.07, 6.45) is 0. The number of carbonyl (C=O) groups excluding carboxylic acids is 1. The second kappa shape index (κ2) is 6.05. The van der Waals surface area contributed by atoms with Crippen LogP contribution in [-0.4, -0.2) is 30.4 Å². The van der Waals surface area contributed by atoms with E-state index in [4.69, 9.17) is 0 Å². The number of hydrogen-bond acceptors (Lipinski definition) is 2. The molecule has 0 radical (unpaired) electrons. The summed E-state index contributed by atoms with van der Waals surface area (Å²) in [5.74, 6) is 0.0903. The Kier molecular flexibility index (Phi) is 5.00. The minimum atomic E-state index is 0.0903. The summed E-state index contributed by atoms with van der Waals surface area (Å²) in [5.41, 5.74) is 2.13. The molecule has 0 unspecified atom stereocenters. The van der Waals surface area contributed by atoms with Crippen molar-refractivity contribution < 1.29 is 4.79 Å². The molecule has 0 atom stereocenters. The van der Waals surface area contributed by atoms with Gasteiger partial charge in [0.2, 0.25) is 5.91 Å². The standard InChI is InChI=1S/C13H19BrN2O/c1-9(2)16(4)13(17)8-15-12-6-5-10(3)7-11(12)14/h5-7,9,15H,8H2,1-4H3. The Hall–Kier alpha value is -1.03. The highest BCUT2D eigenvalue weighted by atomic mass is 79.9. The van der Waals surface area contributed by atoms with Crippen LogP contribution in [0.2, 0.25) is 0 Å². The Balaban J connectivity index is 2.59. The van der Waals surface area contributed by atoms with E-state index in [9.17, 15) is 4.79 Å². The third kappa shape index (κ3) is 4.04. The molecule has 0 heterocycles. The summed E-state index contributed by atoms with van der Waals surface area (Å²) in [6.45, 7) is 6.35. The fourth-order valence-electron chi connectivity index (χ4n) is 1.35. The second-order valence-electron chi connectivity index (χ2n) is 4.44. The number of nitrogens with one attached hydrogen (secondary N) is 1. The number of halogens is 1. The fourth-order valence-corrected chi connectivity index (χ4v) is 1.98. The predicted octanol–water partition coefficient (Wildman–Crippen LogP) is 3.04. The lowest BCUT2D eigenvalue weighted by molar-refractivity contribution is -0.129. The summed E-state index contributed by atoms with van der Waals surface area (Å²) in [5, 5.41) is 3.14. The molecule has 0 bridgehead atoms. The van der Waals surface area contributed by atoms with Crippen molar-refractivity contribution >= 4 is 27.5 Å². The molecule has 0 fully saturated rings. The van der Waals surface area contributed by atoms with E-state index >= 15 is 0 Å². The molecule has 0 aliphatic heterocycles. The van der Waals surface area contributed by atoms with Gasteiger partial charge in [-0.25, -0.2) is 0 Å². The molecule has 1 amide bonds. The van der Waals surface area contributed by atoms with Gasteiger partial charge in [0.25, 0.3) is 0 Å². The lowest BCUT2D eigenvalue weighted by atomic mass is 10.2. The van der Waals surface area contributed by atoms with Crippen LogP contribution in [0.1, 0.15) is 19.4 Å². The third-order valence-corrected chi connectivity index (χ3v) is 3.38. The van der Waals surface area contributed by atoms with E-state index in [1.54, 1.807) is 4.90 Å². The molecule has 4 heteroatoms. The van der Waals surface area contributed by atoms with Crippen molar-refractivity contribution in [1.29, 1.82) is 0 Å². The normalized spacial score (nSPS) is 10.5. The largest absolute Gasteiger partial charge is 0.375 e. The smallest absolute Gasteiger partial charge is 0.241 e. The topological polar surface area (TPSA) is 32.3 Å². The zero-order valence-electron chi connectivity index (χ0n) is 10.7. The molecule has 0 saturated carbocycles. The quantitative estimate of drug-likeness (QED) is 0.927. The number of benzene rings is 1. The van der Waals surface area contributed by atoms with E-state index in [-0.39, 0.29) is 11.9 Å². The molecular weight excluding hydrogens is 280 g/mol. The highest BCUT2D eigenvalue weighted by Gasteiger charge is 2.11. The van der Waals surface area contributed by atoms with E-state index < -0.39 is 0 Å². The minimum absolute atomic E-state index is 0.0903. The summed E-state index contributed by atoms with van der Waals surface area (Å²) in [6, 6.07) is 6.25. The van der Waals surface area contributed by atoms with Crippen molar-refractivity contribution in [2.75, 3.05) is 18.9 Å². The Bertz CT molecular complexity index is 404. The van der Waals surface area contributed by atoms with Crippen molar-refractivity contribution in [1.82, 2.24) is 4.90 Å². The van der Waals surface area contributed by atoms with Gasteiger partial charge in [-0.3, -0.25) is 4.79 Å². The average Bonchev–Trinajstić information content (AvgIpc) is 2.26. The van der Waals surface area contributed by atoms with Crippen LogP contribution in [0.15, 0.2) is 22.7 Å². The molecule has 0 aliphatic carbocycles. The van der Waals surface area contributed by atoms with E-state index in [0.29, 0.717) is 6.54 Å². The maximum atomic E-state index is 11.8. The van der Waals surface area contributed by atoms with Crippen molar-refractivity contribution in [2.24, 2.45) is 0 Å². The fraction of sp³-hybridized carbons (Fsp3) is 0.462. The van der Waals surface area contributed by atoms with Gasteiger partial charge in [0.1, 0.15) is 0 Å². The molecule has 0 aromatic heterocycles. The third-order valence-electron chi connectivity index (χ3n) is 2.72. The van der Waals surface area contributed by atoms with Crippen molar-refractivity contribution in [2.45, 2.75) is 26.8 Å². The van der Waals surface area contributed by atoms with Crippen LogP contribution in [0.3, 0.4) is 0 Å². The molecule has 17 heavy (non-hydrogen) atoms. The molecule has 1 aromatic rings. The van der Waals surface area contributed by atoms with Crippen molar-refractivity contribution in [3.63, 3.8) is 0 Å². The molecule has 1 rings (SSSR count). The van der Waals surface area contributed by atoms with Crippen LogP contribution in [0, 0.1) is 6.92 Å². The van der Waals surface area contributed by atoms with Gasteiger partial charge in [-0.15, -0.1) is 0 Å². The van der Waals surface area contributed by atoms with Gasteiger partial charge in [0.15, 0.2) is 0 Å². The van der Waals surface area contributed by atoms with Gasteiger partial charge < -0.3 is 10.2 Å². The van der Waals surface area contributed by atoms with Gasteiger partial charge in [0.05, 0.1) is 6.54 Å². The highest BCUT2D eigenvalue weighted by Crippen LogP contribution is 2.23. The number of nitrogens with zero attached hydrogens (tertiary/aromatic N) is 1. The SMILES string of the molecule is Cc1ccc(NCC(=O)N(C)C(C)C)c(Br)c1. The number of likely N-dealkylation sites (N-methyl/N-ethyl adjacent to an activating group) is 1. The Morgan fingerprint density at radius 3 is 2.65 bits per heavy atom. The van der Waals surface area contributed by atoms with Crippen molar-refractivity contribution in [3.05, 3.63) is 28.2 Å². The second-order valence-corrected chi connectivity index (χ2v) is 5.29. The van der Waals surface area contributed by atoms with Crippen LogP contribution >= 0.6 is 15.9 Å². The minimum Gasteiger partial charge on any atom is -0.375 e.